The molecule has 2 saturated heterocycles. The third kappa shape index (κ3) is 4.34. The second-order valence-electron chi connectivity index (χ2n) is 10.1. The zero-order chi connectivity index (χ0) is 23.9. The summed E-state index contributed by atoms with van der Waals surface area (Å²) < 4.78 is 0. The van der Waals surface area contributed by atoms with Crippen LogP contribution < -0.4 is 10.6 Å². The van der Waals surface area contributed by atoms with Crippen LogP contribution in [-0.2, 0) is 35.6 Å². The second-order valence-corrected chi connectivity index (χ2v) is 10.1. The summed E-state index contributed by atoms with van der Waals surface area (Å²) in [6.07, 6.45) is 5.72. The summed E-state index contributed by atoms with van der Waals surface area (Å²) in [7, 11) is 0. The van der Waals surface area contributed by atoms with E-state index in [2.05, 4.69) is 26.6 Å². The van der Waals surface area contributed by atoms with Gasteiger partial charge in [-0.1, -0.05) is 12.1 Å². The number of piperidine rings is 2. The van der Waals surface area contributed by atoms with E-state index in [0.29, 0.717) is 24.4 Å². The molecule has 2 aromatic rings. The SMILES string of the molecule is O=C1CCC(N2Cc3cc(CN4CCC(c5ncc6c(n5)CCNC6)CC4)ccc3C2=O)C(=O)N1. The smallest absolute Gasteiger partial charge is 0.255 e. The fraction of sp³-hybridized carbons (Fsp3) is 0.500. The molecule has 9 nitrogen and oxygen atoms in total. The minimum atomic E-state index is -0.572. The maximum Gasteiger partial charge on any atom is 0.255 e. The van der Waals surface area contributed by atoms with Gasteiger partial charge in [-0.2, -0.15) is 0 Å². The van der Waals surface area contributed by atoms with Crippen LogP contribution in [-0.4, -0.2) is 63.2 Å². The van der Waals surface area contributed by atoms with Crippen LogP contribution in [0.2, 0.25) is 0 Å². The van der Waals surface area contributed by atoms with Crippen LogP contribution in [0.25, 0.3) is 0 Å². The minimum Gasteiger partial charge on any atom is -0.322 e. The molecule has 35 heavy (non-hydrogen) atoms. The molecular formula is C26H30N6O3. The molecule has 0 spiro atoms. The molecule has 1 aromatic heterocycles. The van der Waals surface area contributed by atoms with Crippen LogP contribution in [0, 0.1) is 0 Å². The molecule has 1 atom stereocenters. The fourth-order valence-corrected chi connectivity index (χ4v) is 5.78. The quantitative estimate of drug-likeness (QED) is 0.643. The Morgan fingerprint density at radius 3 is 2.71 bits per heavy atom. The highest BCUT2D eigenvalue weighted by molar-refractivity contribution is 6.05. The average Bonchev–Trinajstić information content (AvgIpc) is 3.19. The van der Waals surface area contributed by atoms with Gasteiger partial charge in [0, 0.05) is 68.0 Å². The van der Waals surface area contributed by atoms with Crippen molar-refractivity contribution in [2.45, 2.75) is 63.7 Å². The summed E-state index contributed by atoms with van der Waals surface area (Å²) in [5, 5.41) is 5.73. The van der Waals surface area contributed by atoms with Crippen LogP contribution in [0.1, 0.15) is 70.2 Å². The third-order valence-electron chi connectivity index (χ3n) is 7.77. The molecular weight excluding hydrogens is 444 g/mol. The molecule has 2 N–H and O–H groups in total. The molecule has 3 amide bonds. The van der Waals surface area contributed by atoms with Crippen molar-refractivity contribution in [1.29, 1.82) is 0 Å². The Labute approximate surface area is 204 Å². The van der Waals surface area contributed by atoms with E-state index >= 15 is 0 Å². The van der Waals surface area contributed by atoms with E-state index in [1.54, 1.807) is 4.90 Å². The normalized spacial score (nSPS) is 23.3. The highest BCUT2D eigenvalue weighted by Crippen LogP contribution is 2.30. The van der Waals surface area contributed by atoms with E-state index in [1.165, 1.54) is 16.8 Å². The predicted molar refractivity (Wildman–Crippen MR) is 127 cm³/mol. The lowest BCUT2D eigenvalue weighted by molar-refractivity contribution is -0.136. The van der Waals surface area contributed by atoms with Crippen molar-refractivity contribution >= 4 is 17.7 Å². The van der Waals surface area contributed by atoms with Gasteiger partial charge in [0.1, 0.15) is 11.9 Å². The number of fused-ring (bicyclic) bond motifs is 2. The van der Waals surface area contributed by atoms with E-state index in [9.17, 15) is 14.4 Å². The van der Waals surface area contributed by atoms with Gasteiger partial charge in [-0.25, -0.2) is 9.97 Å². The molecule has 5 heterocycles. The van der Waals surface area contributed by atoms with E-state index < -0.39 is 6.04 Å². The first-order valence-electron chi connectivity index (χ1n) is 12.6. The number of benzene rings is 1. The van der Waals surface area contributed by atoms with Gasteiger partial charge in [-0.05, 0) is 49.5 Å². The number of nitrogens with zero attached hydrogens (tertiary/aromatic N) is 4. The number of imide groups is 1. The number of carbonyl (C=O) groups excluding carboxylic acids is 3. The lowest BCUT2D eigenvalue weighted by atomic mass is 9.95. The fourth-order valence-electron chi connectivity index (χ4n) is 5.78. The number of carbonyl (C=O) groups is 3. The molecule has 4 aliphatic heterocycles. The average molecular weight is 475 g/mol. The largest absolute Gasteiger partial charge is 0.322 e. The van der Waals surface area contributed by atoms with Crippen LogP contribution in [0.4, 0.5) is 0 Å². The van der Waals surface area contributed by atoms with Crippen molar-refractivity contribution < 1.29 is 14.4 Å². The summed E-state index contributed by atoms with van der Waals surface area (Å²) in [4.78, 5) is 50.3. The Hall–Kier alpha value is -3.17. The lowest BCUT2D eigenvalue weighted by Crippen LogP contribution is -2.52. The van der Waals surface area contributed by atoms with Gasteiger partial charge >= 0.3 is 0 Å². The van der Waals surface area contributed by atoms with Crippen molar-refractivity contribution in [2.75, 3.05) is 19.6 Å². The van der Waals surface area contributed by atoms with Crippen molar-refractivity contribution in [3.8, 4) is 0 Å². The minimum absolute atomic E-state index is 0.123. The summed E-state index contributed by atoms with van der Waals surface area (Å²) in [5.41, 5.74) is 5.23. The van der Waals surface area contributed by atoms with E-state index in [-0.39, 0.29) is 24.1 Å². The van der Waals surface area contributed by atoms with Gasteiger partial charge in [0.15, 0.2) is 0 Å². The van der Waals surface area contributed by atoms with Gasteiger partial charge < -0.3 is 10.2 Å². The number of nitrogens with one attached hydrogen (secondary N) is 2. The number of amides is 3. The maximum atomic E-state index is 12.9. The highest BCUT2D eigenvalue weighted by atomic mass is 16.2. The van der Waals surface area contributed by atoms with Gasteiger partial charge in [0.2, 0.25) is 11.8 Å². The lowest BCUT2D eigenvalue weighted by Gasteiger charge is -2.31. The van der Waals surface area contributed by atoms with Crippen molar-refractivity contribution in [3.63, 3.8) is 0 Å². The molecule has 0 bridgehead atoms. The molecule has 0 aliphatic carbocycles. The molecule has 4 aliphatic rings. The van der Waals surface area contributed by atoms with E-state index in [0.717, 1.165) is 63.4 Å². The molecule has 1 unspecified atom stereocenters. The number of likely N-dealkylation sites (tertiary alicyclic amines) is 1. The first-order chi connectivity index (χ1) is 17.0. The first kappa shape index (κ1) is 22.3. The van der Waals surface area contributed by atoms with Gasteiger partial charge in [0.05, 0.1) is 0 Å². The Balaban J connectivity index is 1.07. The summed E-state index contributed by atoms with van der Waals surface area (Å²) >= 11 is 0. The molecule has 6 rings (SSSR count). The maximum absolute atomic E-state index is 12.9. The van der Waals surface area contributed by atoms with Crippen LogP contribution in [0.15, 0.2) is 24.4 Å². The van der Waals surface area contributed by atoms with Crippen LogP contribution >= 0.6 is 0 Å². The number of hydrogen-bond donors (Lipinski definition) is 2. The van der Waals surface area contributed by atoms with Gasteiger partial charge in [-0.15, -0.1) is 0 Å². The van der Waals surface area contributed by atoms with E-state index in [1.807, 2.05) is 18.3 Å². The predicted octanol–water partition coefficient (Wildman–Crippen LogP) is 1.26. The van der Waals surface area contributed by atoms with Gasteiger partial charge in [0.25, 0.3) is 5.91 Å². The zero-order valence-electron chi connectivity index (χ0n) is 19.8. The van der Waals surface area contributed by atoms with Crippen LogP contribution in [0.3, 0.4) is 0 Å². The van der Waals surface area contributed by atoms with Crippen LogP contribution in [0.5, 0.6) is 0 Å². The molecule has 9 heteroatoms. The summed E-state index contributed by atoms with van der Waals surface area (Å²) in [6, 6.07) is 5.45. The Kier molecular flexibility index (Phi) is 5.82. The summed E-state index contributed by atoms with van der Waals surface area (Å²) in [5.74, 6) is 0.644. The molecule has 1 aromatic carbocycles. The second kappa shape index (κ2) is 9.13. The Bertz CT molecular complexity index is 1190. The van der Waals surface area contributed by atoms with E-state index in [4.69, 9.17) is 4.98 Å². The van der Waals surface area contributed by atoms with Crippen molar-refractivity contribution in [3.05, 3.63) is 58.2 Å². The Morgan fingerprint density at radius 1 is 1.03 bits per heavy atom. The molecule has 0 saturated carbocycles. The monoisotopic (exact) mass is 474 g/mol. The standard InChI is InChI=1S/C26H30N6O3/c33-23-4-3-22(25(34)30-23)32-15-18-11-16(1-2-20(18)26(32)35)14-31-9-6-17(7-10-31)24-28-13-19-12-27-8-5-21(19)29-24/h1-2,11,13,17,22,27H,3-10,12,14-15H2,(H,30,33,34). The first-order valence-corrected chi connectivity index (χ1v) is 12.6. The number of hydrogen-bond acceptors (Lipinski definition) is 7. The molecule has 2 fully saturated rings. The molecule has 0 radical (unpaired) electrons. The van der Waals surface area contributed by atoms with Gasteiger partial charge in [-0.3, -0.25) is 24.6 Å². The van der Waals surface area contributed by atoms with Crippen molar-refractivity contribution in [1.82, 2.24) is 30.4 Å². The van der Waals surface area contributed by atoms with Crippen molar-refractivity contribution in [2.24, 2.45) is 0 Å². The number of rotatable bonds is 4. The highest BCUT2D eigenvalue weighted by Gasteiger charge is 2.39. The summed E-state index contributed by atoms with van der Waals surface area (Å²) in [6.45, 7) is 5.09. The third-order valence-corrected chi connectivity index (χ3v) is 7.77. The topological polar surface area (TPSA) is 108 Å². The zero-order valence-corrected chi connectivity index (χ0v) is 19.8. The number of aromatic nitrogens is 2. The molecule has 182 valence electrons. The Morgan fingerprint density at radius 2 is 1.89 bits per heavy atom.